The van der Waals surface area contributed by atoms with Crippen molar-refractivity contribution < 1.29 is 4.39 Å². The molecule has 3 aromatic heterocycles. The molecule has 1 fully saturated rings. The minimum atomic E-state index is -0.294. The molecule has 2 aliphatic rings. The summed E-state index contributed by atoms with van der Waals surface area (Å²) in [7, 11) is 0. The third-order valence-electron chi connectivity index (χ3n) is 7.26. The van der Waals surface area contributed by atoms with E-state index in [9.17, 15) is 4.39 Å². The molecule has 1 aliphatic carbocycles. The minimum absolute atomic E-state index is 0.294. The lowest BCUT2D eigenvalue weighted by Crippen LogP contribution is -2.32. The summed E-state index contributed by atoms with van der Waals surface area (Å²) in [6.07, 6.45) is 11.9. The zero-order chi connectivity index (χ0) is 24.5. The van der Waals surface area contributed by atoms with Gasteiger partial charge in [-0.25, -0.2) is 19.0 Å². The molecule has 1 aliphatic heterocycles. The fourth-order valence-corrected chi connectivity index (χ4v) is 6.04. The van der Waals surface area contributed by atoms with Crippen LogP contribution < -0.4 is 5.32 Å². The van der Waals surface area contributed by atoms with Crippen molar-refractivity contribution in [2.75, 3.05) is 25.0 Å². The molecule has 1 saturated heterocycles. The Morgan fingerprint density at radius 1 is 1.06 bits per heavy atom. The van der Waals surface area contributed by atoms with E-state index in [0.29, 0.717) is 5.69 Å². The second-order valence-electron chi connectivity index (χ2n) is 9.86. The van der Waals surface area contributed by atoms with Gasteiger partial charge in [-0.05, 0) is 70.7 Å². The molecule has 0 spiro atoms. The summed E-state index contributed by atoms with van der Waals surface area (Å²) < 4.78 is 18.8. The number of hydrogen-bond acceptors (Lipinski definition) is 6. The quantitative estimate of drug-likeness (QED) is 0.347. The van der Waals surface area contributed by atoms with Crippen molar-refractivity contribution in [1.29, 1.82) is 0 Å². The molecule has 9 heteroatoms. The Morgan fingerprint density at radius 3 is 2.72 bits per heavy atom. The summed E-state index contributed by atoms with van der Waals surface area (Å²) in [5, 5.41) is 11.4. The monoisotopic (exact) mass is 505 g/mol. The van der Waals surface area contributed by atoms with Crippen molar-refractivity contribution >= 4 is 22.3 Å². The maximum absolute atomic E-state index is 14.9. The van der Waals surface area contributed by atoms with Crippen LogP contribution in [0, 0.1) is 12.7 Å². The van der Waals surface area contributed by atoms with Crippen molar-refractivity contribution in [2.24, 2.45) is 0 Å². The predicted octanol–water partition coefficient (Wildman–Crippen LogP) is 5.75. The Balaban J connectivity index is 1.22. The van der Waals surface area contributed by atoms with E-state index in [0.717, 1.165) is 53.8 Å². The molecule has 0 radical (unpaired) electrons. The van der Waals surface area contributed by atoms with Crippen molar-refractivity contribution in [2.45, 2.75) is 58.4 Å². The van der Waals surface area contributed by atoms with Gasteiger partial charge >= 0.3 is 0 Å². The molecule has 4 heterocycles. The van der Waals surface area contributed by atoms with Crippen LogP contribution in [0.2, 0.25) is 0 Å². The lowest BCUT2D eigenvalue weighted by Gasteiger charge is -2.26. The fourth-order valence-electron chi connectivity index (χ4n) is 5.32. The van der Waals surface area contributed by atoms with E-state index in [1.165, 1.54) is 56.5 Å². The molecule has 0 bridgehead atoms. The van der Waals surface area contributed by atoms with Crippen LogP contribution in [0.4, 0.5) is 15.3 Å². The number of halogens is 1. The van der Waals surface area contributed by atoms with E-state index in [1.54, 1.807) is 34.4 Å². The number of fused-ring (bicyclic) bond motifs is 1. The van der Waals surface area contributed by atoms with Crippen molar-refractivity contribution in [3.8, 4) is 16.9 Å². The number of nitrogens with one attached hydrogen (secondary N) is 1. The van der Waals surface area contributed by atoms with E-state index in [4.69, 9.17) is 10.1 Å². The molecule has 0 unspecified atom stereocenters. The Hall–Kier alpha value is -3.04. The molecule has 188 valence electrons. The summed E-state index contributed by atoms with van der Waals surface area (Å²) in [6, 6.07) is 5.25. The molecule has 1 aromatic carbocycles. The number of aromatic nitrogens is 5. The first-order chi connectivity index (χ1) is 17.6. The Kier molecular flexibility index (Phi) is 6.58. The summed E-state index contributed by atoms with van der Waals surface area (Å²) in [5.41, 5.74) is 5.43. The summed E-state index contributed by atoms with van der Waals surface area (Å²) in [5.74, 6) is 0.789. The van der Waals surface area contributed by atoms with E-state index in [1.807, 2.05) is 24.6 Å². The van der Waals surface area contributed by atoms with Gasteiger partial charge < -0.3 is 14.8 Å². The molecular weight excluding hydrogens is 473 g/mol. The molecule has 6 rings (SSSR count). The average molecular weight is 506 g/mol. The minimum Gasteiger partial charge on any atom is -0.316 e. The number of likely N-dealkylation sites (tertiary alicyclic amines) is 1. The van der Waals surface area contributed by atoms with Crippen LogP contribution in [0.1, 0.15) is 49.1 Å². The van der Waals surface area contributed by atoms with Gasteiger partial charge in [0.25, 0.3) is 0 Å². The van der Waals surface area contributed by atoms with E-state index in [2.05, 4.69) is 19.9 Å². The fraction of sp³-hybridized carbons (Fsp3) is 0.444. The van der Waals surface area contributed by atoms with Crippen LogP contribution >= 0.6 is 11.3 Å². The highest BCUT2D eigenvalue weighted by Crippen LogP contribution is 2.33. The third kappa shape index (κ3) is 4.82. The average Bonchev–Trinajstić information content (AvgIpc) is 3.63. The van der Waals surface area contributed by atoms with E-state index in [-0.39, 0.29) is 5.82 Å². The molecule has 7 nitrogen and oxygen atoms in total. The van der Waals surface area contributed by atoms with Gasteiger partial charge in [0, 0.05) is 29.2 Å². The second kappa shape index (κ2) is 10.1. The van der Waals surface area contributed by atoms with Crippen molar-refractivity contribution in [3.63, 3.8) is 0 Å². The first-order valence-electron chi connectivity index (χ1n) is 13.0. The van der Waals surface area contributed by atoms with Gasteiger partial charge in [0.05, 0.1) is 35.6 Å². The number of aryl methyl sites for hydroxylation is 2. The smallest absolute Gasteiger partial charge is 0.188 e. The first-order valence-corrected chi connectivity index (χ1v) is 13.9. The Labute approximate surface area is 215 Å². The van der Waals surface area contributed by atoms with Gasteiger partial charge in [-0.1, -0.05) is 12.5 Å². The van der Waals surface area contributed by atoms with Crippen molar-refractivity contribution in [1.82, 2.24) is 29.2 Å². The molecule has 36 heavy (non-hydrogen) atoms. The number of rotatable bonds is 7. The van der Waals surface area contributed by atoms with Crippen molar-refractivity contribution in [3.05, 3.63) is 58.9 Å². The molecule has 0 amide bonds. The number of benzene rings is 1. The maximum Gasteiger partial charge on any atom is 0.188 e. The van der Waals surface area contributed by atoms with Gasteiger partial charge in [0.1, 0.15) is 11.6 Å². The second-order valence-corrected chi connectivity index (χ2v) is 10.7. The van der Waals surface area contributed by atoms with Crippen LogP contribution in [-0.2, 0) is 19.4 Å². The number of nitrogens with zero attached hydrogens (tertiary/aromatic N) is 6. The summed E-state index contributed by atoms with van der Waals surface area (Å²) in [4.78, 5) is 11.6. The first kappa shape index (κ1) is 23.4. The number of thiazole rings is 1. The van der Waals surface area contributed by atoms with Gasteiger partial charge in [-0.3, -0.25) is 0 Å². The van der Waals surface area contributed by atoms with Crippen LogP contribution in [0.25, 0.3) is 16.9 Å². The highest BCUT2D eigenvalue weighted by molar-refractivity contribution is 7.14. The van der Waals surface area contributed by atoms with Gasteiger partial charge in [0.2, 0.25) is 0 Å². The van der Waals surface area contributed by atoms with E-state index < -0.39 is 0 Å². The lowest BCUT2D eigenvalue weighted by molar-refractivity contribution is 0.218. The van der Waals surface area contributed by atoms with Crippen LogP contribution in [-0.4, -0.2) is 48.8 Å². The van der Waals surface area contributed by atoms with Gasteiger partial charge in [0.15, 0.2) is 5.13 Å². The standard InChI is InChI=1S/C27H32FN7S/c1-19-16-34(18-29-19)25-10-9-20(15-22(25)28)24-17-36-27(30-24)31-26-21-7-3-4-8-23(21)32-35(26)14-13-33-11-5-2-6-12-33/h9-10,15-18H,2-8,11-14H2,1H3,(H,30,31). The van der Waals surface area contributed by atoms with E-state index >= 15 is 0 Å². The number of hydrogen-bond donors (Lipinski definition) is 1. The maximum atomic E-state index is 14.9. The number of piperidine rings is 1. The largest absolute Gasteiger partial charge is 0.316 e. The normalized spacial score (nSPS) is 16.3. The Morgan fingerprint density at radius 2 is 1.92 bits per heavy atom. The molecule has 1 N–H and O–H groups in total. The third-order valence-corrected chi connectivity index (χ3v) is 8.02. The number of anilines is 2. The zero-order valence-corrected chi connectivity index (χ0v) is 21.5. The van der Waals surface area contributed by atoms with Crippen LogP contribution in [0.15, 0.2) is 36.1 Å². The molecule has 4 aromatic rings. The van der Waals surface area contributed by atoms with Gasteiger partial charge in [-0.15, -0.1) is 11.3 Å². The lowest BCUT2D eigenvalue weighted by atomic mass is 9.97. The van der Waals surface area contributed by atoms with Crippen LogP contribution in [0.5, 0.6) is 0 Å². The molecule has 0 atom stereocenters. The Bertz CT molecular complexity index is 1350. The van der Waals surface area contributed by atoms with Crippen LogP contribution in [0.3, 0.4) is 0 Å². The highest BCUT2D eigenvalue weighted by Gasteiger charge is 2.22. The number of imidazole rings is 1. The zero-order valence-electron chi connectivity index (χ0n) is 20.7. The molecule has 0 saturated carbocycles. The van der Waals surface area contributed by atoms with Gasteiger partial charge in [-0.2, -0.15) is 5.10 Å². The topological polar surface area (TPSA) is 63.8 Å². The SMILES string of the molecule is Cc1cn(-c2ccc(-c3csc(Nc4c5c(nn4CCN4CCCCC4)CCCC5)n3)cc2F)cn1. The summed E-state index contributed by atoms with van der Waals surface area (Å²) >= 11 is 1.55. The molecular formula is C27H32FN7S. The summed E-state index contributed by atoms with van der Waals surface area (Å²) in [6.45, 7) is 6.18. The predicted molar refractivity (Wildman–Crippen MR) is 142 cm³/mol. The highest BCUT2D eigenvalue weighted by atomic mass is 32.1.